The lowest BCUT2D eigenvalue weighted by molar-refractivity contribution is -0.143. The van der Waals surface area contributed by atoms with Crippen molar-refractivity contribution in [2.75, 3.05) is 30.7 Å². The van der Waals surface area contributed by atoms with Crippen molar-refractivity contribution in [3.63, 3.8) is 0 Å². The number of anilines is 1. The predicted molar refractivity (Wildman–Crippen MR) is 260 cm³/mol. The molecular weight excluding hydrogens is 1190 g/mol. The van der Waals surface area contributed by atoms with Crippen molar-refractivity contribution in [3.05, 3.63) is 101 Å². The van der Waals surface area contributed by atoms with Gasteiger partial charge in [0.15, 0.2) is 22.6 Å². The molecule has 0 saturated heterocycles. The van der Waals surface area contributed by atoms with Crippen LogP contribution in [0.15, 0.2) is 58.9 Å². The highest BCUT2D eigenvalue weighted by Gasteiger charge is 2.33. The van der Waals surface area contributed by atoms with E-state index < -0.39 is 83.8 Å². The number of fused-ring (bicyclic) bond motifs is 2. The number of amides is 1. The van der Waals surface area contributed by atoms with Crippen LogP contribution in [0.4, 0.5) is 49.6 Å². The van der Waals surface area contributed by atoms with Gasteiger partial charge >= 0.3 is 29.9 Å². The van der Waals surface area contributed by atoms with Crippen molar-refractivity contribution >= 4 is 66.4 Å². The lowest BCUT2D eigenvalue weighted by Gasteiger charge is -2.10. The van der Waals surface area contributed by atoms with Crippen molar-refractivity contribution in [1.29, 1.82) is 0 Å². The number of primary amides is 1. The number of aromatic nitrogens is 12. The number of aryl methyl sites for hydroxylation is 2. The number of hydrogen-bond donors (Lipinski definition) is 3. The van der Waals surface area contributed by atoms with Crippen molar-refractivity contribution in [1.82, 2.24) is 58.3 Å². The van der Waals surface area contributed by atoms with Gasteiger partial charge in [-0.05, 0) is 16.7 Å². The summed E-state index contributed by atoms with van der Waals surface area (Å²) in [7, 11) is -0.267. The van der Waals surface area contributed by atoms with Gasteiger partial charge in [0.2, 0.25) is 0 Å². The molecule has 0 radical (unpaired) electrons. The Kier molecular flexibility index (Phi) is 22.1. The Morgan fingerprint density at radius 3 is 1.67 bits per heavy atom. The van der Waals surface area contributed by atoms with Gasteiger partial charge in [0.05, 0.1) is 68.0 Å². The second-order valence-electron chi connectivity index (χ2n) is 15.9. The Morgan fingerprint density at radius 1 is 0.803 bits per heavy atom. The second-order valence-corrected chi connectivity index (χ2v) is 17.5. The van der Waals surface area contributed by atoms with Crippen molar-refractivity contribution in [2.24, 2.45) is 19.8 Å². The summed E-state index contributed by atoms with van der Waals surface area (Å²) >= 11 is 1.96. The van der Waals surface area contributed by atoms with Crippen LogP contribution in [0.25, 0.3) is 22.1 Å². The molecule has 0 fully saturated rings. The summed E-state index contributed by atoms with van der Waals surface area (Å²) in [4.78, 5) is 61.0. The first-order chi connectivity index (χ1) is 35.9. The van der Waals surface area contributed by atoms with Gasteiger partial charge in [-0.2, -0.15) is 63.2 Å². The maximum atomic E-state index is 12.7. The molecule has 36 heteroatoms. The van der Waals surface area contributed by atoms with Crippen LogP contribution in [0.5, 0.6) is 0 Å². The average Bonchev–Trinajstić information content (AvgIpc) is 4.16. The van der Waals surface area contributed by atoms with Crippen LogP contribution in [0.1, 0.15) is 75.7 Å². The van der Waals surface area contributed by atoms with Crippen LogP contribution < -0.4 is 33.5 Å². The number of alkyl halides is 11. The van der Waals surface area contributed by atoms with Gasteiger partial charge in [0, 0.05) is 34.6 Å². The normalized spacial score (nSPS) is 12.0. The van der Waals surface area contributed by atoms with Gasteiger partial charge in [0.1, 0.15) is 31.9 Å². The fraction of sp³-hybridized carbons (Fsp3) is 0.500. The Morgan fingerprint density at radius 2 is 1.24 bits per heavy atom. The summed E-state index contributed by atoms with van der Waals surface area (Å²) in [6.07, 6.45) is -9.25. The van der Waals surface area contributed by atoms with E-state index in [9.17, 15) is 76.3 Å². The maximum Gasteiger partial charge on any atom is 0.408 e. The molecule has 0 unspecified atom stereocenters. The molecule has 7 aromatic heterocycles. The van der Waals surface area contributed by atoms with Crippen molar-refractivity contribution < 1.29 is 73.1 Å². The third kappa shape index (κ3) is 18.8. The lowest BCUT2D eigenvalue weighted by atomic mass is 10.1. The Hall–Kier alpha value is -6.86. The highest BCUT2D eigenvalue weighted by Crippen LogP contribution is 2.23. The molecule has 0 aliphatic rings. The number of rotatable bonds is 12. The van der Waals surface area contributed by atoms with E-state index in [0.717, 1.165) is 44.2 Å². The van der Waals surface area contributed by atoms with Gasteiger partial charge in [-0.15, -0.1) is 0 Å². The van der Waals surface area contributed by atoms with Gasteiger partial charge < -0.3 is 20.1 Å². The standard InChI is InChI=1S/C15H16F3N5O3.C8H7F3N4O2.C8H13NO4S.C7H9F3N4O.CH3F.CH3I/c1-8(2)10-4-9(26-20-10)6-22-13(24)12-11(21(3)14(22)25)5-19-23(12)7-15(16,17)18;1-14-4-2-12-15(3-8(9,10)11)5(4)6(16)13-7(14)17;1-6(2)8-4-7(13-9-8)5-12-14(3,10)11;1-12-4-2-13-14(3-7(8,9)10)5(4)6(11)15;2*1-2/h4-5,8H,6-7H2,1-3H3;2H,3H2,1H3,(H,13,16,17);4,6H,5H2,1-3H3;2,12H,3H2,1H3,(H2,11,15);2*1H3/i;;;;2*1D. The molecule has 7 aromatic rings. The third-order valence-electron chi connectivity index (χ3n) is 9.46. The van der Waals surface area contributed by atoms with Crippen LogP contribution in [-0.4, -0.2) is 117 Å². The average molecular weight is 1240 g/mol. The summed E-state index contributed by atoms with van der Waals surface area (Å²) < 4.78 is 173. The monoisotopic (exact) mass is 1240 g/mol. The number of hydrogen-bond acceptors (Lipinski definition) is 16. The first-order valence-electron chi connectivity index (χ1n) is 22.3. The smallest absolute Gasteiger partial charge is 0.385 e. The zero-order valence-corrected chi connectivity index (χ0v) is 44.1. The molecule has 0 aliphatic heterocycles. The third-order valence-corrected chi connectivity index (χ3v) is 10.0. The molecule has 424 valence electrons. The van der Waals surface area contributed by atoms with E-state index in [1.165, 1.54) is 21.1 Å². The minimum absolute atomic E-state index is 0.0286. The van der Waals surface area contributed by atoms with E-state index >= 15 is 0 Å². The Bertz CT molecular complexity index is 3430. The Balaban J connectivity index is 0.000000354. The lowest BCUT2D eigenvalue weighted by Crippen LogP contribution is -2.40. The highest BCUT2D eigenvalue weighted by molar-refractivity contribution is 14.1. The van der Waals surface area contributed by atoms with Gasteiger partial charge in [-0.1, -0.05) is 60.6 Å². The van der Waals surface area contributed by atoms with Crippen LogP contribution >= 0.6 is 22.6 Å². The summed E-state index contributed by atoms with van der Waals surface area (Å²) in [6.45, 7) is 3.26. The van der Waals surface area contributed by atoms with Crippen LogP contribution in [0.2, 0.25) is 0 Å². The molecule has 7 rings (SSSR count). The molecule has 0 saturated carbocycles. The topological polar surface area (TPSA) is 303 Å². The van der Waals surface area contributed by atoms with Crippen molar-refractivity contribution in [3.8, 4) is 0 Å². The van der Waals surface area contributed by atoms with Gasteiger partial charge in [0.25, 0.3) is 27.1 Å². The van der Waals surface area contributed by atoms with Gasteiger partial charge in [-0.25, -0.2) is 23.6 Å². The SMILES string of the molecule is CC(C)c1cc(COS(C)(=O)=O)on1.CC(C)c1cc(Cn2c(=O)c3c(cnn3CC(F)(F)F)n(C)c2=O)on1.CNc1cnn(CC(F)(F)F)c1C(N)=O.Cn1c(=O)[nH]c(=O)c2c1cnn2CC(F)(F)F.[2H]CF.[2H]CI. The summed E-state index contributed by atoms with van der Waals surface area (Å²) in [6, 6.07) is 3.30. The second kappa shape index (κ2) is 27.3. The number of carbonyl (C=O) groups is 1. The summed E-state index contributed by atoms with van der Waals surface area (Å²) in [5, 5.41) is 20.6. The zero-order valence-electron chi connectivity index (χ0n) is 43.1. The number of nitrogens with two attached hydrogens (primary N) is 1. The maximum absolute atomic E-state index is 12.7. The minimum atomic E-state index is -4.55. The van der Waals surface area contributed by atoms with Gasteiger partial charge in [-0.3, -0.25) is 41.6 Å². The molecule has 1 amide bonds. The molecule has 24 nitrogen and oxygen atoms in total. The van der Waals surface area contributed by atoms with E-state index in [4.69, 9.17) is 17.5 Å². The number of nitrogens with zero attached hydrogens (tertiary/aromatic N) is 11. The van der Waals surface area contributed by atoms with E-state index in [1.807, 2.05) is 55.3 Å². The van der Waals surface area contributed by atoms with E-state index in [2.05, 4.69) is 35.1 Å². The van der Waals surface area contributed by atoms with Crippen LogP contribution in [0.3, 0.4) is 0 Å². The molecule has 0 bridgehead atoms. The molecular formula is C40H51F10IN14O10S. The Labute approximate surface area is 438 Å². The number of carbonyl (C=O) groups excluding carboxylic acids is 1. The molecule has 0 atom stereocenters. The molecule has 0 aromatic carbocycles. The van der Waals surface area contributed by atoms with E-state index in [-0.39, 0.29) is 64.2 Å². The fourth-order valence-electron chi connectivity index (χ4n) is 6.05. The zero-order chi connectivity index (χ0) is 59.8. The molecule has 0 spiro atoms. The number of H-pyrrole nitrogens is 1. The van der Waals surface area contributed by atoms with E-state index in [0.29, 0.717) is 30.4 Å². The fourth-order valence-corrected chi connectivity index (χ4v) is 6.38. The molecule has 76 heavy (non-hydrogen) atoms. The number of aromatic amines is 1. The quantitative estimate of drug-likeness (QED) is 0.0620. The molecule has 4 N–H and O–H groups in total. The summed E-state index contributed by atoms with van der Waals surface area (Å²) in [5.74, 6) is 0.0582. The number of nitrogens with one attached hydrogen (secondary N) is 2. The summed E-state index contributed by atoms with van der Waals surface area (Å²) in [5.41, 5.74) is 2.65. The largest absolute Gasteiger partial charge is 0.408 e. The minimum Gasteiger partial charge on any atom is -0.385 e. The molecule has 0 aliphatic carbocycles. The first-order valence-corrected chi connectivity index (χ1v) is 24.3. The first kappa shape index (κ1) is 61.7. The van der Waals surface area contributed by atoms with Crippen molar-refractivity contribution in [2.45, 2.75) is 90.8 Å². The highest BCUT2D eigenvalue weighted by atomic mass is 127. The predicted octanol–water partition coefficient (Wildman–Crippen LogP) is 5.10. The molecule has 7 heterocycles. The van der Waals surface area contributed by atoms with Crippen LogP contribution in [-0.2, 0) is 61.2 Å². The van der Waals surface area contributed by atoms with E-state index in [1.54, 1.807) is 12.1 Å². The van der Waals surface area contributed by atoms with Crippen LogP contribution in [0, 0.1) is 0 Å². The number of halogens is 11.